The van der Waals surface area contributed by atoms with Gasteiger partial charge >= 0.3 is 0 Å². The first kappa shape index (κ1) is 18.8. The van der Waals surface area contributed by atoms with Crippen molar-refractivity contribution in [1.82, 2.24) is 10.6 Å². The summed E-state index contributed by atoms with van der Waals surface area (Å²) in [6.45, 7) is 4.06. The molecule has 0 saturated heterocycles. The second-order valence-electron chi connectivity index (χ2n) is 6.04. The van der Waals surface area contributed by atoms with E-state index in [2.05, 4.69) is 15.6 Å². The Bertz CT molecular complexity index is 798. The fourth-order valence-electron chi connectivity index (χ4n) is 2.69. The van der Waals surface area contributed by atoms with E-state index in [1.165, 1.54) is 13.2 Å². The molecule has 144 valence electrons. The number of aliphatic imine (C=N–C) groups is 1. The van der Waals surface area contributed by atoms with Crippen molar-refractivity contribution in [2.75, 3.05) is 26.8 Å². The lowest BCUT2D eigenvalue weighted by atomic mass is 10.2. The molecule has 0 saturated carbocycles. The number of fused-ring (bicyclic) bond motifs is 1. The van der Waals surface area contributed by atoms with Crippen LogP contribution in [0.4, 0.5) is 4.39 Å². The van der Waals surface area contributed by atoms with Crippen molar-refractivity contribution in [1.29, 1.82) is 0 Å². The van der Waals surface area contributed by atoms with Gasteiger partial charge in [0, 0.05) is 6.54 Å². The SMILES string of the molecule is CCNC(=NCc1ccc(OC)c(F)c1)NCC1COc2ccccc2O1. The van der Waals surface area contributed by atoms with Gasteiger partial charge in [0.2, 0.25) is 0 Å². The van der Waals surface area contributed by atoms with Crippen molar-refractivity contribution in [3.63, 3.8) is 0 Å². The molecule has 0 bridgehead atoms. The molecule has 2 aromatic carbocycles. The standard InChI is InChI=1S/C20H24FN3O3/c1-3-22-20(23-11-14-8-9-17(25-2)16(21)10-14)24-12-15-13-26-18-6-4-5-7-19(18)27-15/h4-10,15H,3,11-13H2,1-2H3,(H2,22,23,24). The highest BCUT2D eigenvalue weighted by Gasteiger charge is 2.20. The van der Waals surface area contributed by atoms with Crippen LogP contribution in [0.2, 0.25) is 0 Å². The molecule has 7 heteroatoms. The van der Waals surface area contributed by atoms with Gasteiger partial charge in [0.25, 0.3) is 0 Å². The summed E-state index contributed by atoms with van der Waals surface area (Å²) in [4.78, 5) is 4.50. The predicted octanol–water partition coefficient (Wildman–Crippen LogP) is 2.73. The first-order valence-electron chi connectivity index (χ1n) is 8.92. The minimum Gasteiger partial charge on any atom is -0.494 e. The van der Waals surface area contributed by atoms with Crippen LogP contribution in [0.5, 0.6) is 17.2 Å². The number of para-hydroxylation sites is 2. The number of methoxy groups -OCH3 is 1. The topological polar surface area (TPSA) is 64.1 Å². The van der Waals surface area contributed by atoms with Gasteiger partial charge in [-0.1, -0.05) is 18.2 Å². The molecule has 6 nitrogen and oxygen atoms in total. The number of guanidine groups is 1. The Morgan fingerprint density at radius 3 is 2.78 bits per heavy atom. The quantitative estimate of drug-likeness (QED) is 0.602. The molecule has 0 aliphatic carbocycles. The second kappa shape index (κ2) is 9.12. The van der Waals surface area contributed by atoms with Crippen LogP contribution in [-0.2, 0) is 6.54 Å². The summed E-state index contributed by atoms with van der Waals surface area (Å²) in [6, 6.07) is 12.4. The molecule has 2 aromatic rings. The minimum absolute atomic E-state index is 0.123. The molecule has 0 fully saturated rings. The summed E-state index contributed by atoms with van der Waals surface area (Å²) in [5.41, 5.74) is 0.761. The first-order chi connectivity index (χ1) is 13.2. The van der Waals surface area contributed by atoms with E-state index in [1.54, 1.807) is 12.1 Å². The summed E-state index contributed by atoms with van der Waals surface area (Å²) in [7, 11) is 1.44. The Morgan fingerprint density at radius 1 is 1.22 bits per heavy atom. The molecule has 1 atom stereocenters. The Balaban J connectivity index is 1.57. The van der Waals surface area contributed by atoms with E-state index >= 15 is 0 Å². The second-order valence-corrected chi connectivity index (χ2v) is 6.04. The van der Waals surface area contributed by atoms with E-state index in [1.807, 2.05) is 31.2 Å². The van der Waals surface area contributed by atoms with Gasteiger partial charge < -0.3 is 24.8 Å². The molecule has 2 N–H and O–H groups in total. The molecule has 0 spiro atoms. The lowest BCUT2D eigenvalue weighted by Gasteiger charge is -2.27. The smallest absolute Gasteiger partial charge is 0.191 e. The zero-order valence-corrected chi connectivity index (χ0v) is 15.5. The summed E-state index contributed by atoms with van der Waals surface area (Å²) in [6.07, 6.45) is -0.123. The number of ether oxygens (including phenoxy) is 3. The van der Waals surface area contributed by atoms with E-state index in [0.717, 1.165) is 17.1 Å². The summed E-state index contributed by atoms with van der Waals surface area (Å²) < 4.78 is 30.4. The Labute approximate surface area is 158 Å². The largest absolute Gasteiger partial charge is 0.494 e. The van der Waals surface area contributed by atoms with E-state index in [-0.39, 0.29) is 11.9 Å². The zero-order chi connectivity index (χ0) is 19.1. The van der Waals surface area contributed by atoms with Gasteiger partial charge in [-0.05, 0) is 36.8 Å². The zero-order valence-electron chi connectivity index (χ0n) is 15.5. The third kappa shape index (κ3) is 5.03. The Kier molecular flexibility index (Phi) is 6.35. The number of halogens is 1. The number of rotatable bonds is 6. The summed E-state index contributed by atoms with van der Waals surface area (Å²) >= 11 is 0. The molecule has 1 unspecified atom stereocenters. The predicted molar refractivity (Wildman–Crippen MR) is 102 cm³/mol. The molecule has 1 aliphatic rings. The molecular weight excluding hydrogens is 349 g/mol. The highest BCUT2D eigenvalue weighted by molar-refractivity contribution is 5.79. The fraction of sp³-hybridized carbons (Fsp3) is 0.350. The summed E-state index contributed by atoms with van der Waals surface area (Å²) in [5.74, 6) is 1.97. The summed E-state index contributed by atoms with van der Waals surface area (Å²) in [5, 5.41) is 6.42. The van der Waals surface area contributed by atoms with Crippen molar-refractivity contribution < 1.29 is 18.6 Å². The van der Waals surface area contributed by atoms with Crippen molar-refractivity contribution in [2.24, 2.45) is 4.99 Å². The highest BCUT2D eigenvalue weighted by atomic mass is 19.1. The molecule has 3 rings (SSSR count). The van der Waals surface area contributed by atoms with Gasteiger partial charge in [-0.2, -0.15) is 0 Å². The lowest BCUT2D eigenvalue weighted by Crippen LogP contribution is -2.45. The van der Waals surface area contributed by atoms with Gasteiger partial charge in [0.15, 0.2) is 29.0 Å². The molecule has 1 aliphatic heterocycles. The number of nitrogens with zero attached hydrogens (tertiary/aromatic N) is 1. The van der Waals surface area contributed by atoms with Gasteiger partial charge in [-0.15, -0.1) is 0 Å². The fourth-order valence-corrected chi connectivity index (χ4v) is 2.69. The molecule has 0 radical (unpaired) electrons. The average molecular weight is 373 g/mol. The van der Waals surface area contributed by atoms with E-state index < -0.39 is 5.82 Å². The Hall–Kier alpha value is -2.96. The molecule has 0 aromatic heterocycles. The van der Waals surface area contributed by atoms with Gasteiger partial charge in [-0.3, -0.25) is 0 Å². The van der Waals surface area contributed by atoms with Crippen LogP contribution in [0.1, 0.15) is 12.5 Å². The lowest BCUT2D eigenvalue weighted by molar-refractivity contribution is 0.0936. The van der Waals surface area contributed by atoms with Gasteiger partial charge in [-0.25, -0.2) is 9.38 Å². The normalized spacial score (nSPS) is 16.0. The van der Waals surface area contributed by atoms with Crippen LogP contribution in [0.15, 0.2) is 47.5 Å². The van der Waals surface area contributed by atoms with Crippen LogP contribution in [0.3, 0.4) is 0 Å². The molecule has 1 heterocycles. The molecular formula is C20H24FN3O3. The first-order valence-corrected chi connectivity index (χ1v) is 8.92. The van der Waals surface area contributed by atoms with Crippen LogP contribution in [0, 0.1) is 5.82 Å². The average Bonchev–Trinajstić information content (AvgIpc) is 2.70. The highest BCUT2D eigenvalue weighted by Crippen LogP contribution is 2.30. The maximum Gasteiger partial charge on any atom is 0.191 e. The molecule has 0 amide bonds. The van der Waals surface area contributed by atoms with Crippen molar-refractivity contribution in [3.8, 4) is 17.2 Å². The van der Waals surface area contributed by atoms with Crippen molar-refractivity contribution in [3.05, 3.63) is 53.8 Å². The van der Waals surface area contributed by atoms with E-state index in [0.29, 0.717) is 32.2 Å². The number of hydrogen-bond donors (Lipinski definition) is 2. The van der Waals surface area contributed by atoms with Crippen LogP contribution in [0.25, 0.3) is 0 Å². The molecule has 27 heavy (non-hydrogen) atoms. The Morgan fingerprint density at radius 2 is 2.04 bits per heavy atom. The third-order valence-electron chi connectivity index (χ3n) is 4.04. The van der Waals surface area contributed by atoms with Gasteiger partial charge in [0.05, 0.1) is 20.2 Å². The van der Waals surface area contributed by atoms with Crippen LogP contribution < -0.4 is 24.8 Å². The third-order valence-corrected chi connectivity index (χ3v) is 4.04. The maximum absolute atomic E-state index is 13.8. The minimum atomic E-state index is -0.394. The number of hydrogen-bond acceptors (Lipinski definition) is 4. The van der Waals surface area contributed by atoms with Crippen LogP contribution in [-0.4, -0.2) is 38.9 Å². The number of benzene rings is 2. The number of nitrogens with one attached hydrogen (secondary N) is 2. The van der Waals surface area contributed by atoms with Gasteiger partial charge in [0.1, 0.15) is 12.7 Å². The van der Waals surface area contributed by atoms with E-state index in [9.17, 15) is 4.39 Å². The van der Waals surface area contributed by atoms with Crippen LogP contribution >= 0.6 is 0 Å². The van der Waals surface area contributed by atoms with Crippen molar-refractivity contribution >= 4 is 5.96 Å². The van der Waals surface area contributed by atoms with Crippen molar-refractivity contribution in [2.45, 2.75) is 19.6 Å². The monoisotopic (exact) mass is 373 g/mol. The maximum atomic E-state index is 13.8. The van der Waals surface area contributed by atoms with E-state index in [4.69, 9.17) is 14.2 Å².